The summed E-state index contributed by atoms with van der Waals surface area (Å²) in [6.45, 7) is 2.61. The Balaban J connectivity index is 1.41. The van der Waals surface area contributed by atoms with Gasteiger partial charge in [0.25, 0.3) is 11.5 Å². The molecular weight excluding hydrogens is 426 g/mol. The first-order chi connectivity index (χ1) is 15.5. The third kappa shape index (κ3) is 3.80. The van der Waals surface area contributed by atoms with E-state index in [0.29, 0.717) is 33.9 Å². The summed E-state index contributed by atoms with van der Waals surface area (Å²) in [5.41, 5.74) is 8.13. The van der Waals surface area contributed by atoms with Crippen molar-refractivity contribution in [2.24, 2.45) is 0 Å². The van der Waals surface area contributed by atoms with Crippen LogP contribution in [-0.4, -0.2) is 20.4 Å². The van der Waals surface area contributed by atoms with Gasteiger partial charge >= 0.3 is 0 Å². The largest absolute Gasteiger partial charge is 0.296 e. The van der Waals surface area contributed by atoms with Crippen molar-refractivity contribution in [2.75, 3.05) is 5.43 Å². The molecule has 4 aromatic rings. The molecule has 2 aromatic carbocycles. The van der Waals surface area contributed by atoms with Crippen molar-refractivity contribution in [1.82, 2.24) is 20.0 Å². The van der Waals surface area contributed by atoms with Crippen LogP contribution in [0.3, 0.4) is 0 Å². The van der Waals surface area contributed by atoms with Gasteiger partial charge in [0.2, 0.25) is 0 Å². The molecule has 0 radical (unpaired) electrons. The average molecular weight is 448 g/mol. The Labute approximate surface area is 189 Å². The molecule has 0 saturated carbocycles. The van der Waals surface area contributed by atoms with E-state index in [1.54, 1.807) is 28.8 Å². The monoisotopic (exact) mass is 447 g/mol. The predicted molar refractivity (Wildman–Crippen MR) is 126 cm³/mol. The molecule has 0 saturated heterocycles. The fraction of sp³-hybridized carbons (Fsp3) is 0.250. The van der Waals surface area contributed by atoms with Gasteiger partial charge in [0.15, 0.2) is 0 Å². The minimum atomic E-state index is -0.337. The predicted octanol–water partition coefficient (Wildman–Crippen LogP) is 4.39. The van der Waals surface area contributed by atoms with Crippen LogP contribution in [0.4, 0.5) is 5.82 Å². The summed E-state index contributed by atoms with van der Waals surface area (Å²) in [7, 11) is 0. The number of carbonyl (C=O) groups excluding carboxylic acids is 1. The van der Waals surface area contributed by atoms with E-state index in [4.69, 9.17) is 16.6 Å². The summed E-state index contributed by atoms with van der Waals surface area (Å²) in [5.74, 6) is 0.997. The van der Waals surface area contributed by atoms with Crippen molar-refractivity contribution in [3.63, 3.8) is 0 Å². The van der Waals surface area contributed by atoms with Crippen molar-refractivity contribution in [1.29, 1.82) is 0 Å². The Morgan fingerprint density at radius 2 is 1.91 bits per heavy atom. The molecule has 3 heterocycles. The van der Waals surface area contributed by atoms with Crippen LogP contribution in [0.2, 0.25) is 5.02 Å². The Kier molecular flexibility index (Phi) is 5.27. The summed E-state index contributed by atoms with van der Waals surface area (Å²) in [4.78, 5) is 34.9. The molecule has 1 amide bonds. The zero-order valence-electron chi connectivity index (χ0n) is 17.6. The van der Waals surface area contributed by atoms with E-state index in [2.05, 4.69) is 15.8 Å². The van der Waals surface area contributed by atoms with Gasteiger partial charge in [0.1, 0.15) is 11.6 Å². The highest BCUT2D eigenvalue weighted by Gasteiger charge is 2.15. The highest BCUT2D eigenvalue weighted by Crippen LogP contribution is 2.22. The third-order valence-corrected chi connectivity index (χ3v) is 6.08. The summed E-state index contributed by atoms with van der Waals surface area (Å²) in [6, 6.07) is 12.5. The molecule has 2 N–H and O–H groups in total. The second kappa shape index (κ2) is 8.24. The van der Waals surface area contributed by atoms with Crippen LogP contribution < -0.4 is 16.4 Å². The van der Waals surface area contributed by atoms with Gasteiger partial charge in [-0.15, -0.1) is 0 Å². The standard InChI is InChI=1S/C24H22ClN5O2/c1-14-11-15-6-8-17(25)13-19(15)27-22(14)28-29-23(31)16-7-9-18-20(12-16)26-21-5-3-2-4-10-30(21)24(18)32/h6-9,11-13H,2-5,10H2,1H3,(H,27,28)(H,29,31). The normalized spacial score (nSPS) is 13.6. The molecule has 0 spiro atoms. The van der Waals surface area contributed by atoms with Gasteiger partial charge in [0.05, 0.1) is 16.4 Å². The number of hydrazine groups is 1. The topological polar surface area (TPSA) is 88.9 Å². The zero-order chi connectivity index (χ0) is 22.2. The first kappa shape index (κ1) is 20.5. The van der Waals surface area contributed by atoms with Gasteiger partial charge in [-0.2, -0.15) is 0 Å². The maximum atomic E-state index is 12.9. The lowest BCUT2D eigenvalue weighted by molar-refractivity contribution is 0.0962. The summed E-state index contributed by atoms with van der Waals surface area (Å²) >= 11 is 6.07. The number of anilines is 1. The van der Waals surface area contributed by atoms with E-state index in [9.17, 15) is 9.59 Å². The molecule has 1 aliphatic heterocycles. The van der Waals surface area contributed by atoms with Gasteiger partial charge in [-0.1, -0.05) is 24.1 Å². The van der Waals surface area contributed by atoms with Crippen LogP contribution in [0.5, 0.6) is 0 Å². The van der Waals surface area contributed by atoms with Crippen molar-refractivity contribution < 1.29 is 4.79 Å². The molecule has 32 heavy (non-hydrogen) atoms. The molecule has 0 unspecified atom stereocenters. The Morgan fingerprint density at radius 3 is 2.78 bits per heavy atom. The number of hydrogen-bond donors (Lipinski definition) is 2. The average Bonchev–Trinajstić information content (AvgIpc) is 3.03. The fourth-order valence-corrected chi connectivity index (χ4v) is 4.29. The van der Waals surface area contributed by atoms with Gasteiger partial charge in [-0.25, -0.2) is 9.97 Å². The quantitative estimate of drug-likeness (QED) is 0.455. The maximum Gasteiger partial charge on any atom is 0.269 e. The van der Waals surface area contributed by atoms with Crippen molar-refractivity contribution >= 4 is 45.1 Å². The second-order valence-corrected chi connectivity index (χ2v) is 8.53. The van der Waals surface area contributed by atoms with Gasteiger partial charge < -0.3 is 0 Å². The van der Waals surface area contributed by atoms with Crippen molar-refractivity contribution in [3.8, 4) is 0 Å². The van der Waals surface area contributed by atoms with E-state index in [1.165, 1.54) is 0 Å². The van der Waals surface area contributed by atoms with E-state index in [-0.39, 0.29) is 11.5 Å². The summed E-state index contributed by atoms with van der Waals surface area (Å²) < 4.78 is 1.77. The molecule has 162 valence electrons. The molecule has 2 aromatic heterocycles. The number of halogens is 1. The Morgan fingerprint density at radius 1 is 1.03 bits per heavy atom. The third-order valence-electron chi connectivity index (χ3n) is 5.84. The first-order valence-electron chi connectivity index (χ1n) is 10.7. The minimum absolute atomic E-state index is 0.0355. The molecule has 0 aliphatic carbocycles. The number of nitrogens with zero attached hydrogens (tertiary/aromatic N) is 3. The van der Waals surface area contributed by atoms with Crippen LogP contribution in [0.1, 0.15) is 41.0 Å². The number of rotatable bonds is 3. The Hall–Kier alpha value is -3.45. The number of amides is 1. The highest BCUT2D eigenvalue weighted by atomic mass is 35.5. The highest BCUT2D eigenvalue weighted by molar-refractivity contribution is 6.31. The number of pyridine rings is 1. The number of aromatic nitrogens is 3. The van der Waals surface area contributed by atoms with Crippen molar-refractivity contribution in [3.05, 3.63) is 74.8 Å². The molecule has 7 nitrogen and oxygen atoms in total. The molecule has 0 atom stereocenters. The van der Waals surface area contributed by atoms with Crippen LogP contribution in [0.15, 0.2) is 47.3 Å². The van der Waals surface area contributed by atoms with E-state index >= 15 is 0 Å². The van der Waals surface area contributed by atoms with Gasteiger partial charge in [0, 0.05) is 28.9 Å². The lowest BCUT2D eigenvalue weighted by atomic mass is 10.1. The smallest absolute Gasteiger partial charge is 0.269 e. The Bertz CT molecular complexity index is 1430. The molecule has 8 heteroatoms. The number of hydrogen-bond acceptors (Lipinski definition) is 5. The summed E-state index contributed by atoms with van der Waals surface area (Å²) in [5, 5.41) is 2.10. The number of nitrogens with one attached hydrogen (secondary N) is 2. The van der Waals surface area contributed by atoms with Crippen LogP contribution >= 0.6 is 11.6 Å². The minimum Gasteiger partial charge on any atom is -0.296 e. The zero-order valence-corrected chi connectivity index (χ0v) is 18.4. The first-order valence-corrected chi connectivity index (χ1v) is 11.0. The SMILES string of the molecule is Cc1cc2ccc(Cl)cc2nc1NNC(=O)c1ccc2c(=O)n3c(nc2c1)CCCCC3. The number of carbonyl (C=O) groups is 1. The number of fused-ring (bicyclic) bond motifs is 3. The molecule has 0 bridgehead atoms. The molecule has 0 fully saturated rings. The van der Waals surface area contributed by atoms with E-state index < -0.39 is 0 Å². The van der Waals surface area contributed by atoms with E-state index in [0.717, 1.165) is 48.0 Å². The van der Waals surface area contributed by atoms with Crippen LogP contribution in [0, 0.1) is 6.92 Å². The maximum absolute atomic E-state index is 12.9. The fourth-order valence-electron chi connectivity index (χ4n) is 4.12. The van der Waals surface area contributed by atoms with E-state index in [1.807, 2.05) is 25.1 Å². The van der Waals surface area contributed by atoms with Gasteiger partial charge in [-0.3, -0.25) is 25.0 Å². The summed E-state index contributed by atoms with van der Waals surface area (Å²) in [6.07, 6.45) is 3.87. The second-order valence-electron chi connectivity index (χ2n) is 8.10. The number of benzene rings is 2. The van der Waals surface area contributed by atoms with Gasteiger partial charge in [-0.05, 0) is 61.7 Å². The van der Waals surface area contributed by atoms with Crippen molar-refractivity contribution in [2.45, 2.75) is 39.2 Å². The molecule has 1 aliphatic rings. The van der Waals surface area contributed by atoms with Crippen LogP contribution in [0.25, 0.3) is 21.8 Å². The molecular formula is C24H22ClN5O2. The molecule has 5 rings (SSSR count). The number of aryl methyl sites for hydroxylation is 2. The lowest BCUT2D eigenvalue weighted by Gasteiger charge is -2.13. The van der Waals surface area contributed by atoms with Crippen LogP contribution in [-0.2, 0) is 13.0 Å². The lowest BCUT2D eigenvalue weighted by Crippen LogP contribution is -2.30.